The van der Waals surface area contributed by atoms with Crippen molar-refractivity contribution in [2.75, 3.05) is 13.1 Å². The van der Waals surface area contributed by atoms with Crippen molar-refractivity contribution in [3.8, 4) is 0 Å². The molecule has 3 fully saturated rings. The van der Waals surface area contributed by atoms with E-state index in [9.17, 15) is 37.8 Å². The highest BCUT2D eigenvalue weighted by atomic mass is 19.4. The molecule has 0 aromatic carbocycles. The molecule has 186 valence electrons. The van der Waals surface area contributed by atoms with E-state index in [1.54, 1.807) is 0 Å². The van der Waals surface area contributed by atoms with Crippen LogP contribution in [0, 0.1) is 5.41 Å². The van der Waals surface area contributed by atoms with Gasteiger partial charge < -0.3 is 37.2 Å². The summed E-state index contributed by atoms with van der Waals surface area (Å²) in [5, 5.41) is 27.2. The molecule has 8 N–H and O–H groups in total. The molecule has 34 heavy (non-hydrogen) atoms. The quantitative estimate of drug-likeness (QED) is 0.173. The fraction of sp³-hybridized carbons (Fsp3) is 0.722. The minimum absolute atomic E-state index is 0.0232. The van der Waals surface area contributed by atoms with Crippen molar-refractivity contribution < 1.29 is 37.8 Å². The topological polar surface area (TPSA) is 199 Å². The summed E-state index contributed by atoms with van der Waals surface area (Å²) in [6.45, 7) is -0.677. The highest BCUT2D eigenvalue weighted by Crippen LogP contribution is 2.58. The van der Waals surface area contributed by atoms with E-state index in [-0.39, 0.29) is 31.3 Å². The number of amides is 3. The van der Waals surface area contributed by atoms with Crippen molar-refractivity contribution in [2.24, 2.45) is 26.9 Å². The summed E-state index contributed by atoms with van der Waals surface area (Å²) in [7, 11) is 0. The first-order chi connectivity index (χ1) is 15.7. The number of carbonyl (C=O) groups excluding carboxylic acids is 3. The number of aliphatic hydroxyl groups is 2. The summed E-state index contributed by atoms with van der Waals surface area (Å²) in [5.74, 6) is -5.65. The smallest absolute Gasteiger partial charge is 0.370 e. The van der Waals surface area contributed by atoms with E-state index in [1.807, 2.05) is 0 Å². The van der Waals surface area contributed by atoms with Gasteiger partial charge in [-0.25, -0.2) is 9.98 Å². The lowest BCUT2D eigenvalue weighted by Gasteiger charge is -2.49. The van der Waals surface area contributed by atoms with Crippen LogP contribution in [0.3, 0.4) is 0 Å². The summed E-state index contributed by atoms with van der Waals surface area (Å²) in [6.07, 6.45) is -5.57. The molecule has 4 heterocycles. The minimum atomic E-state index is -4.79. The lowest BCUT2D eigenvalue weighted by Crippen LogP contribution is -2.78. The maximum Gasteiger partial charge on any atom is 0.403 e. The predicted octanol–water partition coefficient (Wildman–Crippen LogP) is -3.36. The number of nitrogens with zero attached hydrogens (tertiary/aromatic N) is 4. The van der Waals surface area contributed by atoms with Gasteiger partial charge in [0.05, 0.1) is 12.6 Å². The maximum atomic E-state index is 13.4. The molecular formula is C18H23F3N8O5. The molecule has 2 saturated heterocycles. The largest absolute Gasteiger partial charge is 0.403 e. The third-order valence-electron chi connectivity index (χ3n) is 7.36. The van der Waals surface area contributed by atoms with Crippen LogP contribution < -0.4 is 22.1 Å². The third kappa shape index (κ3) is 2.77. The van der Waals surface area contributed by atoms with Gasteiger partial charge in [0.15, 0.2) is 17.6 Å². The molecule has 1 aliphatic carbocycles. The molecule has 5 rings (SSSR count). The zero-order valence-electron chi connectivity index (χ0n) is 17.7. The summed E-state index contributed by atoms with van der Waals surface area (Å²) in [5.41, 5.74) is 7.32. The minimum Gasteiger partial charge on any atom is -0.370 e. The zero-order valence-corrected chi connectivity index (χ0v) is 17.7. The molecule has 4 atom stereocenters. The van der Waals surface area contributed by atoms with Gasteiger partial charge in [-0.1, -0.05) is 0 Å². The predicted molar refractivity (Wildman–Crippen MR) is 106 cm³/mol. The molecule has 3 amide bonds. The van der Waals surface area contributed by atoms with Gasteiger partial charge in [0.25, 0.3) is 0 Å². The number of hydrogen-bond acceptors (Lipinski definition) is 11. The Morgan fingerprint density at radius 1 is 1.18 bits per heavy atom. The number of halogens is 3. The molecule has 5 aliphatic rings. The van der Waals surface area contributed by atoms with Crippen LogP contribution in [0.2, 0.25) is 0 Å². The Morgan fingerprint density at radius 3 is 2.35 bits per heavy atom. The van der Waals surface area contributed by atoms with Crippen molar-refractivity contribution >= 4 is 29.6 Å². The molecule has 0 bridgehead atoms. The van der Waals surface area contributed by atoms with Crippen LogP contribution in [0.25, 0.3) is 0 Å². The third-order valence-corrected chi connectivity index (χ3v) is 7.36. The molecule has 1 unspecified atom stereocenters. The number of carbonyl (C=O) groups is 3. The Balaban J connectivity index is 1.47. The summed E-state index contributed by atoms with van der Waals surface area (Å²) < 4.78 is 40.2. The monoisotopic (exact) mass is 488 g/mol. The molecule has 1 saturated carbocycles. The Kier molecular flexibility index (Phi) is 4.47. The van der Waals surface area contributed by atoms with E-state index in [2.05, 4.69) is 20.6 Å². The van der Waals surface area contributed by atoms with Crippen LogP contribution in [-0.4, -0.2) is 98.5 Å². The van der Waals surface area contributed by atoms with Gasteiger partial charge in [-0.3, -0.25) is 19.3 Å². The molecule has 4 aliphatic heterocycles. The number of alkyl halides is 3. The highest BCUT2D eigenvalue weighted by Gasteiger charge is 2.75. The molecule has 0 aromatic rings. The van der Waals surface area contributed by atoms with E-state index < -0.39 is 78.3 Å². The van der Waals surface area contributed by atoms with E-state index in [1.165, 1.54) is 4.90 Å². The molecular weight excluding hydrogens is 465 g/mol. The first-order valence-electron chi connectivity index (χ1n) is 10.6. The fourth-order valence-electron chi connectivity index (χ4n) is 5.31. The first kappa shape index (κ1) is 22.6. The Hall–Kier alpha value is -3.14. The lowest BCUT2D eigenvalue weighted by molar-refractivity contribution is -0.234. The van der Waals surface area contributed by atoms with Crippen LogP contribution in [0.15, 0.2) is 9.98 Å². The summed E-state index contributed by atoms with van der Waals surface area (Å²) in [6, 6.07) is -3.86. The van der Waals surface area contributed by atoms with E-state index >= 15 is 0 Å². The number of hydrogen-bond donors (Lipinski definition) is 6. The highest BCUT2D eigenvalue weighted by molar-refractivity contribution is 6.02. The molecule has 0 radical (unpaired) electrons. The second kappa shape index (κ2) is 6.71. The molecule has 1 spiro atoms. The average molecular weight is 488 g/mol. The number of likely N-dealkylation sites (tertiary alicyclic amines) is 1. The van der Waals surface area contributed by atoms with Crippen LogP contribution in [-0.2, 0) is 14.4 Å². The normalized spacial score (nSPS) is 35.4. The van der Waals surface area contributed by atoms with Crippen molar-refractivity contribution in [3.05, 3.63) is 0 Å². The van der Waals surface area contributed by atoms with Crippen molar-refractivity contribution in [1.29, 1.82) is 0 Å². The van der Waals surface area contributed by atoms with Gasteiger partial charge >= 0.3 is 6.18 Å². The first-order valence-corrected chi connectivity index (χ1v) is 10.6. The summed E-state index contributed by atoms with van der Waals surface area (Å²) >= 11 is 0. The number of nitrogens with one attached hydrogen (secondary N) is 2. The number of imide groups is 1. The van der Waals surface area contributed by atoms with Crippen LogP contribution in [0.5, 0.6) is 0 Å². The van der Waals surface area contributed by atoms with Gasteiger partial charge in [-0.05, 0) is 12.8 Å². The summed E-state index contributed by atoms with van der Waals surface area (Å²) in [4.78, 5) is 47.3. The number of nitrogens with two attached hydrogens (primary N) is 2. The van der Waals surface area contributed by atoms with Crippen molar-refractivity contribution in [2.45, 2.75) is 61.4 Å². The van der Waals surface area contributed by atoms with Crippen LogP contribution in [0.1, 0.15) is 25.7 Å². The van der Waals surface area contributed by atoms with Gasteiger partial charge in [0.1, 0.15) is 17.5 Å². The van der Waals surface area contributed by atoms with Gasteiger partial charge in [0.2, 0.25) is 23.5 Å². The SMILES string of the molecule is NC1=NC2[C@H](CN3C(=O)CCC3=O)N=C(N)N3C[C@H](NC(=O)C4(C(F)(F)F)CC4)C(O)(O)[C@@]23N1. The average Bonchev–Trinajstić information content (AvgIpc) is 3.35. The van der Waals surface area contributed by atoms with Crippen LogP contribution in [0.4, 0.5) is 13.2 Å². The van der Waals surface area contributed by atoms with Gasteiger partial charge in [-0.15, -0.1) is 0 Å². The van der Waals surface area contributed by atoms with E-state index in [4.69, 9.17) is 11.5 Å². The van der Waals surface area contributed by atoms with Crippen LogP contribution >= 0.6 is 0 Å². The van der Waals surface area contributed by atoms with Gasteiger partial charge in [0, 0.05) is 19.4 Å². The maximum absolute atomic E-state index is 13.4. The number of guanidine groups is 2. The van der Waals surface area contributed by atoms with Crippen molar-refractivity contribution in [3.63, 3.8) is 0 Å². The van der Waals surface area contributed by atoms with E-state index in [0.29, 0.717) is 0 Å². The molecule has 0 aromatic heterocycles. The second-order valence-corrected chi connectivity index (χ2v) is 9.25. The Morgan fingerprint density at radius 2 is 1.79 bits per heavy atom. The van der Waals surface area contributed by atoms with E-state index in [0.717, 1.165) is 4.90 Å². The Labute approximate surface area is 190 Å². The zero-order chi connectivity index (χ0) is 24.8. The molecule has 16 heteroatoms. The number of aliphatic imine (C=N–C) groups is 2. The van der Waals surface area contributed by atoms with Crippen molar-refractivity contribution in [1.82, 2.24) is 20.4 Å². The fourth-order valence-corrected chi connectivity index (χ4v) is 5.31. The van der Waals surface area contributed by atoms with Gasteiger partial charge in [-0.2, -0.15) is 13.2 Å². The lowest BCUT2D eigenvalue weighted by atomic mass is 9.84. The molecule has 13 nitrogen and oxygen atoms in total. The number of rotatable bonds is 4. The Bertz CT molecular complexity index is 1030. The standard InChI is InChI=1S/C18H23F3N8O5/c19-18(20,21)15(3-4-15)12(32)25-8-6-29-14(23)24-7(5-28-9(30)1-2-10(28)31)11-16(29,17(8,33)34)27-13(22)26-11/h7-8,11,33-34H,1-6H2,(H2,23,24)(H,25,32)(H3,22,26,27)/t7-,8-,11?,16+/m0/s1. The second-order valence-electron chi connectivity index (χ2n) is 9.25.